The van der Waals surface area contributed by atoms with E-state index in [2.05, 4.69) is 15.5 Å². The minimum Gasteiger partial charge on any atom is -0.325 e. The van der Waals surface area contributed by atoms with Crippen LogP contribution in [0, 0.1) is 46.3 Å². The van der Waals surface area contributed by atoms with Gasteiger partial charge in [-0.1, -0.05) is 18.2 Å². The number of hydrogen-bond donors (Lipinski definition) is 3. The van der Waals surface area contributed by atoms with Crippen LogP contribution in [0.15, 0.2) is 29.1 Å². The molecule has 1 unspecified atom stereocenters. The van der Waals surface area contributed by atoms with Crippen LogP contribution in [0.5, 0.6) is 0 Å². The topological polar surface area (TPSA) is 125 Å². The molecule has 156 valence electrons. The van der Waals surface area contributed by atoms with Crippen molar-refractivity contribution in [3.63, 3.8) is 0 Å². The number of anilines is 1. The van der Waals surface area contributed by atoms with Gasteiger partial charge in [0.2, 0.25) is 5.91 Å². The van der Waals surface area contributed by atoms with Crippen molar-refractivity contribution in [2.24, 2.45) is 23.7 Å². The Morgan fingerprint density at radius 3 is 2.16 bits per heavy atom. The fourth-order valence-corrected chi connectivity index (χ4v) is 7.73. The number of benzene rings is 1. The van der Waals surface area contributed by atoms with E-state index in [1.807, 2.05) is 12.1 Å². The van der Waals surface area contributed by atoms with Gasteiger partial charge >= 0.3 is 0 Å². The SMILES string of the molecule is N#CC(C#N)C1(c2c(C34CC5CC(CC(C5)C3)C4)[nH][nH]c2=O)C(=O)Nc2ccccc21. The molecule has 4 aliphatic carbocycles. The highest BCUT2D eigenvalue weighted by Gasteiger charge is 2.61. The van der Waals surface area contributed by atoms with Crippen LogP contribution in [0.3, 0.4) is 0 Å². The maximum Gasteiger partial charge on any atom is 0.268 e. The Labute approximate surface area is 179 Å². The van der Waals surface area contributed by atoms with E-state index >= 15 is 0 Å². The molecule has 2 heterocycles. The monoisotopic (exact) mass is 413 g/mol. The number of para-hydroxylation sites is 1. The third kappa shape index (κ3) is 2.21. The highest BCUT2D eigenvalue weighted by molar-refractivity contribution is 6.09. The van der Waals surface area contributed by atoms with E-state index in [1.54, 1.807) is 24.3 Å². The second kappa shape index (κ2) is 6.11. The molecule has 31 heavy (non-hydrogen) atoms. The first-order valence-corrected chi connectivity index (χ1v) is 11.0. The van der Waals surface area contributed by atoms with Gasteiger partial charge < -0.3 is 10.4 Å². The Hall–Kier alpha value is -3.32. The number of H-pyrrole nitrogens is 2. The zero-order valence-corrected chi connectivity index (χ0v) is 17.1. The van der Waals surface area contributed by atoms with Crippen LogP contribution in [-0.2, 0) is 15.6 Å². The molecule has 0 saturated heterocycles. The average Bonchev–Trinajstić information content (AvgIpc) is 3.26. The fraction of sp³-hybridized carbons (Fsp3) is 0.500. The molecule has 7 rings (SSSR count). The lowest BCUT2D eigenvalue weighted by molar-refractivity contribution is -0.120. The summed E-state index contributed by atoms with van der Waals surface area (Å²) in [4.78, 5) is 26.9. The smallest absolute Gasteiger partial charge is 0.268 e. The molecule has 0 spiro atoms. The number of aromatic nitrogens is 2. The normalized spacial score (nSPS) is 34.9. The van der Waals surface area contributed by atoms with Crippen LogP contribution in [0.1, 0.15) is 55.3 Å². The first-order valence-electron chi connectivity index (χ1n) is 11.0. The minimum atomic E-state index is -1.65. The standard InChI is InChI=1S/C24H23N5O2/c25-11-16(12-26)24(17-3-1-2-4-18(17)27-22(24)31)19-20(28-29-21(19)30)23-8-13-5-14(9-23)7-15(6-13)10-23/h1-4,13-16H,5-10H2,(H,27,31)(H2,28,29,30). The van der Waals surface area contributed by atoms with E-state index in [4.69, 9.17) is 0 Å². The number of amides is 1. The summed E-state index contributed by atoms with van der Waals surface area (Å²) in [5.41, 5.74) is -0.156. The van der Waals surface area contributed by atoms with Crippen LogP contribution in [0.4, 0.5) is 5.69 Å². The number of carbonyl (C=O) groups excluding carboxylic acids is 1. The van der Waals surface area contributed by atoms with Crippen molar-refractivity contribution in [2.75, 3.05) is 5.32 Å². The van der Waals surface area contributed by atoms with Crippen molar-refractivity contribution >= 4 is 11.6 Å². The Bertz CT molecular complexity index is 1190. The number of rotatable bonds is 3. The number of carbonyl (C=O) groups is 1. The summed E-state index contributed by atoms with van der Waals surface area (Å²) in [6, 6.07) is 11.2. The molecular weight excluding hydrogens is 390 g/mol. The van der Waals surface area contributed by atoms with Crippen molar-refractivity contribution in [1.29, 1.82) is 10.5 Å². The lowest BCUT2D eigenvalue weighted by Gasteiger charge is -2.57. The van der Waals surface area contributed by atoms with E-state index in [-0.39, 0.29) is 11.0 Å². The molecular formula is C24H23N5O2. The van der Waals surface area contributed by atoms with Crippen LogP contribution >= 0.6 is 0 Å². The fourth-order valence-electron chi connectivity index (χ4n) is 7.73. The van der Waals surface area contributed by atoms with Gasteiger partial charge in [0.1, 0.15) is 5.41 Å². The van der Waals surface area contributed by atoms with Crippen molar-refractivity contribution in [1.82, 2.24) is 10.2 Å². The predicted octanol–water partition coefficient (Wildman–Crippen LogP) is 3.07. The first kappa shape index (κ1) is 18.4. The summed E-state index contributed by atoms with van der Waals surface area (Å²) >= 11 is 0. The predicted molar refractivity (Wildman–Crippen MR) is 112 cm³/mol. The molecule has 4 saturated carbocycles. The largest absolute Gasteiger partial charge is 0.325 e. The quantitative estimate of drug-likeness (QED) is 0.715. The van der Waals surface area contributed by atoms with E-state index in [0.29, 0.717) is 29.0 Å². The first-order chi connectivity index (χ1) is 15.0. The number of fused-ring (bicyclic) bond motifs is 1. The summed E-state index contributed by atoms with van der Waals surface area (Å²) in [6.07, 6.45) is 6.71. The van der Waals surface area contributed by atoms with Gasteiger partial charge in [0.05, 0.1) is 17.7 Å². The molecule has 3 N–H and O–H groups in total. The van der Waals surface area contributed by atoms with Gasteiger partial charge in [0, 0.05) is 16.8 Å². The van der Waals surface area contributed by atoms with Gasteiger partial charge in [-0.3, -0.25) is 14.7 Å². The number of nitriles is 2. The second-order valence-corrected chi connectivity index (χ2v) is 10.0. The summed E-state index contributed by atoms with van der Waals surface area (Å²) in [5.74, 6) is 0.126. The minimum absolute atomic E-state index is 0.205. The van der Waals surface area contributed by atoms with Crippen molar-refractivity contribution in [2.45, 2.75) is 49.4 Å². The zero-order valence-electron chi connectivity index (χ0n) is 17.1. The molecule has 1 atom stereocenters. The molecule has 2 aromatic rings. The van der Waals surface area contributed by atoms with Crippen LogP contribution in [0.2, 0.25) is 0 Å². The second-order valence-electron chi connectivity index (χ2n) is 10.0. The number of hydrogen-bond acceptors (Lipinski definition) is 4. The third-order valence-corrected chi connectivity index (χ3v) is 8.39. The highest BCUT2D eigenvalue weighted by atomic mass is 16.2. The maximum absolute atomic E-state index is 13.6. The molecule has 7 heteroatoms. The van der Waals surface area contributed by atoms with Gasteiger partial charge in [0.15, 0.2) is 5.92 Å². The Balaban J connectivity index is 1.64. The van der Waals surface area contributed by atoms with Gasteiger partial charge in [-0.25, -0.2) is 0 Å². The molecule has 4 fully saturated rings. The summed E-state index contributed by atoms with van der Waals surface area (Å²) in [7, 11) is 0. The molecule has 1 aliphatic heterocycles. The zero-order chi connectivity index (χ0) is 21.4. The Kier molecular flexibility index (Phi) is 3.63. The Morgan fingerprint density at radius 1 is 0.935 bits per heavy atom. The lowest BCUT2D eigenvalue weighted by Crippen LogP contribution is -2.52. The van der Waals surface area contributed by atoms with Gasteiger partial charge in [0.25, 0.3) is 5.56 Å². The third-order valence-electron chi connectivity index (χ3n) is 8.39. The van der Waals surface area contributed by atoms with Crippen molar-refractivity contribution in [3.05, 3.63) is 51.4 Å². The van der Waals surface area contributed by atoms with Crippen LogP contribution in [0.25, 0.3) is 0 Å². The van der Waals surface area contributed by atoms with Crippen molar-refractivity contribution in [3.8, 4) is 12.1 Å². The molecule has 7 nitrogen and oxygen atoms in total. The number of nitrogens with one attached hydrogen (secondary N) is 3. The Morgan fingerprint density at radius 2 is 1.55 bits per heavy atom. The summed E-state index contributed by atoms with van der Waals surface area (Å²) in [5, 5.41) is 28.6. The molecule has 5 aliphatic rings. The van der Waals surface area contributed by atoms with E-state index in [0.717, 1.165) is 25.0 Å². The lowest BCUT2D eigenvalue weighted by atomic mass is 9.48. The average molecular weight is 413 g/mol. The van der Waals surface area contributed by atoms with Crippen LogP contribution in [-0.4, -0.2) is 16.1 Å². The highest BCUT2D eigenvalue weighted by Crippen LogP contribution is 2.62. The van der Waals surface area contributed by atoms with Gasteiger partial charge in [-0.15, -0.1) is 0 Å². The van der Waals surface area contributed by atoms with E-state index in [9.17, 15) is 20.1 Å². The van der Waals surface area contributed by atoms with E-state index in [1.165, 1.54) is 19.3 Å². The molecule has 0 radical (unpaired) electrons. The number of aromatic amines is 2. The summed E-state index contributed by atoms with van der Waals surface area (Å²) in [6.45, 7) is 0. The number of nitrogens with zero attached hydrogens (tertiary/aromatic N) is 2. The van der Waals surface area contributed by atoms with Crippen LogP contribution < -0.4 is 10.9 Å². The molecule has 1 aromatic carbocycles. The molecule has 1 aromatic heterocycles. The molecule has 4 bridgehead atoms. The van der Waals surface area contributed by atoms with Gasteiger partial charge in [-0.2, -0.15) is 10.5 Å². The van der Waals surface area contributed by atoms with Crippen molar-refractivity contribution < 1.29 is 4.79 Å². The van der Waals surface area contributed by atoms with Gasteiger partial charge in [-0.05, 0) is 67.9 Å². The summed E-state index contributed by atoms with van der Waals surface area (Å²) < 4.78 is 0. The maximum atomic E-state index is 13.6. The molecule has 1 amide bonds. The van der Waals surface area contributed by atoms with E-state index < -0.39 is 22.8 Å².